The molecule has 2 aromatic rings. The third-order valence-corrected chi connectivity index (χ3v) is 4.65. The highest BCUT2D eigenvalue weighted by Gasteiger charge is 2.28. The van der Waals surface area contributed by atoms with Crippen molar-refractivity contribution < 1.29 is 0 Å². The lowest BCUT2D eigenvalue weighted by molar-refractivity contribution is 0.864. The summed E-state index contributed by atoms with van der Waals surface area (Å²) in [6, 6.07) is 6.21. The fraction of sp³-hybridized carbons (Fsp3) is 0.357. The Balaban J connectivity index is 1.60. The van der Waals surface area contributed by atoms with Crippen molar-refractivity contribution in [1.29, 1.82) is 0 Å². The number of anilines is 2. The van der Waals surface area contributed by atoms with Gasteiger partial charge in [-0.1, -0.05) is 6.07 Å². The smallest absolute Gasteiger partial charge is 0.186 e. The van der Waals surface area contributed by atoms with Gasteiger partial charge in [-0.05, 0) is 36.1 Å². The summed E-state index contributed by atoms with van der Waals surface area (Å²) in [6.07, 6.45) is 2.64. The minimum atomic E-state index is 0.746. The zero-order valence-corrected chi connectivity index (χ0v) is 10.9. The standard InChI is InChI=1S/C14H15N3S/c15-12-4-3-10-6-17(7-11(10)5-12)14-16-13(8-18-14)9-1-2-9/h3-5,8-9H,1-2,6-7,15H2. The Morgan fingerprint density at radius 1 is 1.22 bits per heavy atom. The highest BCUT2D eigenvalue weighted by Crippen LogP contribution is 2.42. The molecule has 0 saturated heterocycles. The van der Waals surface area contributed by atoms with Crippen molar-refractivity contribution in [2.45, 2.75) is 31.8 Å². The van der Waals surface area contributed by atoms with E-state index in [1.807, 2.05) is 6.07 Å². The van der Waals surface area contributed by atoms with Gasteiger partial charge in [-0.25, -0.2) is 4.98 Å². The van der Waals surface area contributed by atoms with Crippen molar-refractivity contribution >= 4 is 22.2 Å². The van der Waals surface area contributed by atoms with E-state index in [4.69, 9.17) is 10.7 Å². The van der Waals surface area contributed by atoms with Crippen LogP contribution in [-0.4, -0.2) is 4.98 Å². The maximum Gasteiger partial charge on any atom is 0.186 e. The van der Waals surface area contributed by atoms with Crippen LogP contribution in [0.15, 0.2) is 23.6 Å². The monoisotopic (exact) mass is 257 g/mol. The number of aromatic nitrogens is 1. The second-order valence-electron chi connectivity index (χ2n) is 5.21. The van der Waals surface area contributed by atoms with Crippen LogP contribution in [0.5, 0.6) is 0 Å². The summed E-state index contributed by atoms with van der Waals surface area (Å²) >= 11 is 1.77. The van der Waals surface area contributed by atoms with E-state index in [0.717, 1.165) is 29.8 Å². The van der Waals surface area contributed by atoms with Gasteiger partial charge in [0.05, 0.1) is 5.69 Å². The van der Waals surface area contributed by atoms with Gasteiger partial charge in [-0.2, -0.15) is 0 Å². The summed E-state index contributed by atoms with van der Waals surface area (Å²) in [5, 5.41) is 3.39. The molecule has 2 aliphatic rings. The van der Waals surface area contributed by atoms with Crippen LogP contribution in [-0.2, 0) is 13.1 Å². The van der Waals surface area contributed by atoms with Gasteiger partial charge in [0.15, 0.2) is 5.13 Å². The molecule has 92 valence electrons. The fourth-order valence-corrected chi connectivity index (χ4v) is 3.45. The van der Waals surface area contributed by atoms with Crippen LogP contribution in [0.2, 0.25) is 0 Å². The van der Waals surface area contributed by atoms with E-state index in [9.17, 15) is 0 Å². The summed E-state index contributed by atoms with van der Waals surface area (Å²) in [4.78, 5) is 7.12. The van der Waals surface area contributed by atoms with E-state index >= 15 is 0 Å². The number of thiazole rings is 1. The zero-order valence-electron chi connectivity index (χ0n) is 10.1. The molecule has 18 heavy (non-hydrogen) atoms. The molecule has 0 atom stereocenters. The highest BCUT2D eigenvalue weighted by molar-refractivity contribution is 7.13. The number of hydrogen-bond donors (Lipinski definition) is 1. The molecule has 1 aromatic carbocycles. The van der Waals surface area contributed by atoms with E-state index < -0.39 is 0 Å². The van der Waals surface area contributed by atoms with Crippen molar-refractivity contribution in [1.82, 2.24) is 4.98 Å². The van der Waals surface area contributed by atoms with Crippen LogP contribution in [0, 0.1) is 0 Å². The molecular formula is C14H15N3S. The molecule has 1 aliphatic carbocycles. The van der Waals surface area contributed by atoms with Crippen LogP contribution in [0.3, 0.4) is 0 Å². The van der Waals surface area contributed by atoms with Crippen LogP contribution in [0.4, 0.5) is 10.8 Å². The van der Waals surface area contributed by atoms with Crippen molar-refractivity contribution in [2.75, 3.05) is 10.6 Å². The van der Waals surface area contributed by atoms with Gasteiger partial charge in [0.2, 0.25) is 0 Å². The SMILES string of the molecule is Nc1ccc2c(c1)CN(c1nc(C3CC3)cs1)C2. The average Bonchev–Trinajstić information content (AvgIpc) is 2.95. The Kier molecular flexibility index (Phi) is 2.14. The maximum absolute atomic E-state index is 5.84. The summed E-state index contributed by atoms with van der Waals surface area (Å²) in [6.45, 7) is 1.91. The molecule has 2 heterocycles. The van der Waals surface area contributed by atoms with Gasteiger partial charge in [-0.15, -0.1) is 11.3 Å². The Hall–Kier alpha value is -1.55. The molecule has 4 rings (SSSR count). The Labute approximate surface area is 110 Å². The topological polar surface area (TPSA) is 42.1 Å². The first-order chi connectivity index (χ1) is 8.79. The van der Waals surface area contributed by atoms with Gasteiger partial charge in [0, 0.05) is 30.1 Å². The predicted molar refractivity (Wildman–Crippen MR) is 74.8 cm³/mol. The van der Waals surface area contributed by atoms with Crippen LogP contribution in [0.25, 0.3) is 0 Å². The van der Waals surface area contributed by atoms with Gasteiger partial charge in [0.25, 0.3) is 0 Å². The molecule has 0 amide bonds. The van der Waals surface area contributed by atoms with E-state index in [1.165, 1.54) is 29.7 Å². The second kappa shape index (κ2) is 3.72. The maximum atomic E-state index is 5.84. The number of benzene rings is 1. The molecule has 1 aromatic heterocycles. The number of fused-ring (bicyclic) bond motifs is 1. The average molecular weight is 257 g/mol. The summed E-state index contributed by atoms with van der Waals surface area (Å²) in [5.74, 6) is 0.746. The van der Waals surface area contributed by atoms with E-state index in [0.29, 0.717) is 0 Å². The number of nitrogens with zero attached hydrogens (tertiary/aromatic N) is 2. The highest BCUT2D eigenvalue weighted by atomic mass is 32.1. The van der Waals surface area contributed by atoms with Crippen molar-refractivity contribution in [3.05, 3.63) is 40.4 Å². The predicted octanol–water partition coefficient (Wildman–Crippen LogP) is 3.12. The lowest BCUT2D eigenvalue weighted by Crippen LogP contribution is -2.14. The molecule has 2 N–H and O–H groups in total. The van der Waals surface area contributed by atoms with E-state index in [1.54, 1.807) is 11.3 Å². The molecule has 0 spiro atoms. The molecule has 1 fully saturated rings. The van der Waals surface area contributed by atoms with Gasteiger partial charge in [0.1, 0.15) is 0 Å². The Morgan fingerprint density at radius 3 is 2.89 bits per heavy atom. The molecule has 4 heteroatoms. The largest absolute Gasteiger partial charge is 0.399 e. The first kappa shape index (κ1) is 10.4. The van der Waals surface area contributed by atoms with E-state index in [2.05, 4.69) is 22.4 Å². The first-order valence-electron chi connectivity index (χ1n) is 6.37. The zero-order chi connectivity index (χ0) is 12.1. The van der Waals surface area contributed by atoms with Crippen molar-refractivity contribution in [3.63, 3.8) is 0 Å². The van der Waals surface area contributed by atoms with Gasteiger partial charge in [-0.3, -0.25) is 0 Å². The Bertz CT molecular complexity index is 601. The molecule has 3 nitrogen and oxygen atoms in total. The third-order valence-electron chi connectivity index (χ3n) is 3.73. The van der Waals surface area contributed by atoms with Gasteiger partial charge < -0.3 is 10.6 Å². The molecular weight excluding hydrogens is 242 g/mol. The van der Waals surface area contributed by atoms with Crippen molar-refractivity contribution in [3.8, 4) is 0 Å². The van der Waals surface area contributed by atoms with E-state index in [-0.39, 0.29) is 0 Å². The third kappa shape index (κ3) is 1.68. The molecule has 0 unspecified atom stereocenters. The lowest BCUT2D eigenvalue weighted by Gasteiger charge is -2.12. The summed E-state index contributed by atoms with van der Waals surface area (Å²) in [5.41, 5.74) is 10.7. The minimum Gasteiger partial charge on any atom is -0.399 e. The first-order valence-corrected chi connectivity index (χ1v) is 7.25. The second-order valence-corrected chi connectivity index (χ2v) is 6.05. The summed E-state index contributed by atoms with van der Waals surface area (Å²) in [7, 11) is 0. The normalized spacial score (nSPS) is 18.1. The lowest BCUT2D eigenvalue weighted by atomic mass is 10.1. The molecule has 1 aliphatic heterocycles. The summed E-state index contributed by atoms with van der Waals surface area (Å²) < 4.78 is 0. The number of nitrogens with two attached hydrogens (primary N) is 1. The van der Waals surface area contributed by atoms with Crippen LogP contribution < -0.4 is 10.6 Å². The number of rotatable bonds is 2. The minimum absolute atomic E-state index is 0.746. The fourth-order valence-electron chi connectivity index (χ4n) is 2.54. The van der Waals surface area contributed by atoms with Crippen LogP contribution in [0.1, 0.15) is 35.6 Å². The van der Waals surface area contributed by atoms with Gasteiger partial charge >= 0.3 is 0 Å². The number of nitrogen functional groups attached to an aromatic ring is 1. The Morgan fingerprint density at radius 2 is 2.06 bits per heavy atom. The van der Waals surface area contributed by atoms with Crippen molar-refractivity contribution in [2.24, 2.45) is 0 Å². The van der Waals surface area contributed by atoms with Crippen LogP contribution >= 0.6 is 11.3 Å². The quantitative estimate of drug-likeness (QED) is 0.840. The molecule has 0 radical (unpaired) electrons. The molecule has 0 bridgehead atoms. The molecule has 1 saturated carbocycles. The number of hydrogen-bond acceptors (Lipinski definition) is 4.